The summed E-state index contributed by atoms with van der Waals surface area (Å²) in [5.74, 6) is -0.556. The van der Waals surface area contributed by atoms with Gasteiger partial charge in [-0.05, 0) is 47.2 Å². The summed E-state index contributed by atoms with van der Waals surface area (Å²) in [6.07, 6.45) is -12.4. The molecule has 0 N–H and O–H groups in total. The Morgan fingerprint density at radius 3 is 2.07 bits per heavy atom. The lowest BCUT2D eigenvalue weighted by atomic mass is 9.92. The number of fused-ring (bicyclic) bond motifs is 1. The van der Waals surface area contributed by atoms with Crippen LogP contribution in [0.25, 0.3) is 0 Å². The van der Waals surface area contributed by atoms with Crippen LogP contribution in [0.15, 0.2) is 36.4 Å². The zero-order chi connectivity index (χ0) is 21.9. The Morgan fingerprint density at radius 1 is 1.00 bits per heavy atom. The van der Waals surface area contributed by atoms with Crippen molar-refractivity contribution in [3.63, 3.8) is 0 Å². The number of hydrogen-bond acceptors (Lipinski definition) is 1. The predicted molar refractivity (Wildman–Crippen MR) is 101 cm³/mol. The lowest BCUT2D eigenvalue weighted by Crippen LogP contribution is -2.50. The van der Waals surface area contributed by atoms with Crippen LogP contribution in [0.1, 0.15) is 32.5 Å². The molecular formula is C18H10ClF7INO. The van der Waals surface area contributed by atoms with Crippen LogP contribution < -0.4 is 4.90 Å². The van der Waals surface area contributed by atoms with Crippen molar-refractivity contribution in [3.8, 4) is 0 Å². The molecule has 29 heavy (non-hydrogen) atoms. The van der Waals surface area contributed by atoms with Gasteiger partial charge in [0.05, 0.1) is 5.56 Å². The maximum atomic E-state index is 14.3. The average Bonchev–Trinajstić information content (AvgIpc) is 2.84. The first-order valence-electron chi connectivity index (χ1n) is 7.91. The molecule has 0 fully saturated rings. The fraction of sp³-hybridized carbons (Fsp3) is 0.278. The van der Waals surface area contributed by atoms with E-state index in [0.29, 0.717) is 26.8 Å². The van der Waals surface area contributed by atoms with Crippen molar-refractivity contribution in [3.05, 3.63) is 62.2 Å². The van der Waals surface area contributed by atoms with Gasteiger partial charge in [0, 0.05) is 20.4 Å². The third-order valence-corrected chi connectivity index (χ3v) is 5.93. The van der Waals surface area contributed by atoms with Gasteiger partial charge in [-0.2, -0.15) is 26.3 Å². The highest BCUT2D eigenvalue weighted by Gasteiger charge is 2.73. The molecule has 156 valence electrons. The number of aryl methyl sites for hydroxylation is 1. The van der Waals surface area contributed by atoms with Crippen LogP contribution in [0.2, 0.25) is 0 Å². The summed E-state index contributed by atoms with van der Waals surface area (Å²) in [6.45, 7) is 1.18. The van der Waals surface area contributed by atoms with Crippen molar-refractivity contribution in [1.82, 2.24) is 0 Å². The van der Waals surface area contributed by atoms with Crippen LogP contribution in [-0.4, -0.2) is 18.3 Å². The summed E-state index contributed by atoms with van der Waals surface area (Å²) in [5.41, 5.74) is -7.62. The van der Waals surface area contributed by atoms with Crippen molar-refractivity contribution in [2.75, 3.05) is 4.90 Å². The third kappa shape index (κ3) is 3.28. The van der Waals surface area contributed by atoms with Crippen molar-refractivity contribution in [2.24, 2.45) is 0 Å². The van der Waals surface area contributed by atoms with Gasteiger partial charge in [0.2, 0.25) is 0 Å². The molecule has 0 radical (unpaired) electrons. The lowest BCUT2D eigenvalue weighted by Gasteiger charge is -2.31. The van der Waals surface area contributed by atoms with Gasteiger partial charge in [-0.25, -0.2) is 4.39 Å². The molecule has 1 amide bonds. The van der Waals surface area contributed by atoms with Gasteiger partial charge in [0.1, 0.15) is 5.50 Å². The summed E-state index contributed by atoms with van der Waals surface area (Å²) in [6, 6.07) is 6.55. The monoisotopic (exact) mass is 551 g/mol. The van der Waals surface area contributed by atoms with E-state index in [0.717, 1.165) is 11.0 Å². The molecule has 1 aliphatic rings. The number of anilines is 1. The van der Waals surface area contributed by atoms with E-state index in [1.165, 1.54) is 6.92 Å². The molecule has 0 bridgehead atoms. The Hall–Kier alpha value is -1.56. The Kier molecular flexibility index (Phi) is 5.34. The Bertz CT molecular complexity index is 975. The molecule has 1 heterocycles. The predicted octanol–water partition coefficient (Wildman–Crippen LogP) is 6.79. The van der Waals surface area contributed by atoms with E-state index < -0.39 is 35.0 Å². The Morgan fingerprint density at radius 2 is 1.59 bits per heavy atom. The first-order valence-corrected chi connectivity index (χ1v) is 9.43. The number of carbonyl (C=O) groups excluding carboxylic acids is 1. The highest BCUT2D eigenvalue weighted by atomic mass is 127. The minimum Gasteiger partial charge on any atom is -0.287 e. The molecule has 0 saturated heterocycles. The number of rotatable bonds is 2. The molecular weight excluding hydrogens is 542 g/mol. The molecule has 2 nitrogen and oxygen atoms in total. The molecule has 3 rings (SSSR count). The van der Waals surface area contributed by atoms with E-state index in [4.69, 9.17) is 11.6 Å². The smallest absolute Gasteiger partial charge is 0.287 e. The highest BCUT2D eigenvalue weighted by Crippen LogP contribution is 2.54. The first-order chi connectivity index (χ1) is 13.2. The molecule has 2 aromatic rings. The molecule has 0 aliphatic carbocycles. The van der Waals surface area contributed by atoms with Gasteiger partial charge >= 0.3 is 18.0 Å². The van der Waals surface area contributed by atoms with Crippen LogP contribution in [0.4, 0.5) is 36.4 Å². The summed E-state index contributed by atoms with van der Waals surface area (Å²) >= 11 is 8.24. The van der Waals surface area contributed by atoms with Gasteiger partial charge in [-0.1, -0.05) is 35.9 Å². The second-order valence-corrected chi connectivity index (χ2v) is 7.95. The molecule has 0 aromatic heterocycles. The minimum absolute atomic E-state index is 0.0163. The number of carbonyl (C=O) groups is 1. The molecule has 0 spiro atoms. The van der Waals surface area contributed by atoms with Crippen molar-refractivity contribution in [2.45, 2.75) is 30.4 Å². The van der Waals surface area contributed by atoms with Gasteiger partial charge < -0.3 is 0 Å². The summed E-state index contributed by atoms with van der Waals surface area (Å²) in [7, 11) is 0. The van der Waals surface area contributed by atoms with Gasteiger partial charge in [-0.15, -0.1) is 0 Å². The van der Waals surface area contributed by atoms with Gasteiger partial charge in [-0.3, -0.25) is 9.69 Å². The molecule has 1 atom stereocenters. The molecule has 1 aliphatic heterocycles. The van der Waals surface area contributed by atoms with E-state index in [-0.39, 0.29) is 11.3 Å². The number of hydrogen-bond donors (Lipinski definition) is 0. The minimum atomic E-state index is -6.22. The maximum absolute atomic E-state index is 14.3. The van der Waals surface area contributed by atoms with Crippen molar-refractivity contribution < 1.29 is 35.5 Å². The quantitative estimate of drug-likeness (QED) is 0.174. The fourth-order valence-corrected chi connectivity index (χ4v) is 4.31. The fourth-order valence-electron chi connectivity index (χ4n) is 3.19. The third-order valence-electron chi connectivity index (χ3n) is 4.60. The molecule has 2 aromatic carbocycles. The van der Waals surface area contributed by atoms with Gasteiger partial charge in [0.25, 0.3) is 5.91 Å². The van der Waals surface area contributed by atoms with Gasteiger partial charge in [0.15, 0.2) is 0 Å². The number of alkyl halides is 8. The molecule has 1 unspecified atom stereocenters. The zero-order valence-electron chi connectivity index (χ0n) is 14.3. The second-order valence-electron chi connectivity index (χ2n) is 6.37. The van der Waals surface area contributed by atoms with E-state index in [9.17, 15) is 35.5 Å². The summed E-state index contributed by atoms with van der Waals surface area (Å²) < 4.78 is 92.8. The molecule has 0 saturated carbocycles. The Labute approximate surface area is 178 Å². The highest BCUT2D eigenvalue weighted by molar-refractivity contribution is 14.1. The van der Waals surface area contributed by atoms with Crippen LogP contribution in [0.5, 0.6) is 0 Å². The van der Waals surface area contributed by atoms with Crippen LogP contribution in [-0.2, 0) is 5.67 Å². The Balaban J connectivity index is 2.10. The van der Waals surface area contributed by atoms with Crippen molar-refractivity contribution >= 4 is 45.8 Å². The molecule has 11 heteroatoms. The number of benzene rings is 2. The van der Waals surface area contributed by atoms with Crippen LogP contribution >= 0.6 is 34.2 Å². The standard InChI is InChI=1S/C18H10ClF7INO/c1-8-7-9(16(20,17(21,22)23)18(24,25)26)5-6-12(8)28-14(19)10-3-2-4-11(27)13(10)15(28)29/h2-7,14H,1H3. The van der Waals surface area contributed by atoms with E-state index >= 15 is 0 Å². The van der Waals surface area contributed by atoms with E-state index in [2.05, 4.69) is 0 Å². The topological polar surface area (TPSA) is 20.3 Å². The lowest BCUT2D eigenvalue weighted by molar-refractivity contribution is -0.348. The number of amides is 1. The number of halogens is 9. The zero-order valence-corrected chi connectivity index (χ0v) is 17.2. The first kappa shape index (κ1) is 22.1. The van der Waals surface area contributed by atoms with Crippen molar-refractivity contribution in [1.29, 1.82) is 0 Å². The van der Waals surface area contributed by atoms with E-state index in [1.54, 1.807) is 18.2 Å². The van der Waals surface area contributed by atoms with Crippen LogP contribution in [0, 0.1) is 10.5 Å². The normalized spacial score (nSPS) is 17.7. The average molecular weight is 552 g/mol. The van der Waals surface area contributed by atoms with E-state index in [1.807, 2.05) is 22.6 Å². The maximum Gasteiger partial charge on any atom is 0.435 e. The number of nitrogens with zero attached hydrogens (tertiary/aromatic N) is 1. The SMILES string of the molecule is Cc1cc(C(F)(C(F)(F)F)C(F)(F)F)ccc1N1C(=O)c2c(I)cccc2C1Cl. The second kappa shape index (κ2) is 7.00. The van der Waals surface area contributed by atoms with Crippen LogP contribution in [0.3, 0.4) is 0 Å². The summed E-state index contributed by atoms with van der Waals surface area (Å²) in [5, 5.41) is 0. The largest absolute Gasteiger partial charge is 0.435 e. The summed E-state index contributed by atoms with van der Waals surface area (Å²) in [4.78, 5) is 13.8.